The second-order valence-corrected chi connectivity index (χ2v) is 6.93. The van der Waals surface area contributed by atoms with Crippen LogP contribution in [0.5, 0.6) is 0 Å². The highest BCUT2D eigenvalue weighted by atomic mass is 79.9. The summed E-state index contributed by atoms with van der Waals surface area (Å²) in [5, 5.41) is 4.05. The number of likely N-dealkylation sites (N-methyl/N-ethyl adjacent to an activating group) is 1. The number of nitrogens with one attached hydrogen (secondary N) is 2. The molecule has 0 saturated carbocycles. The molecule has 0 aliphatic carbocycles. The molecule has 1 atom stereocenters. The molecule has 0 bridgehead atoms. The lowest BCUT2D eigenvalue weighted by Gasteiger charge is -2.25. The van der Waals surface area contributed by atoms with Gasteiger partial charge in [-0.05, 0) is 43.9 Å². The van der Waals surface area contributed by atoms with Crippen LogP contribution in [0.4, 0.5) is 0 Å². The molecule has 4 nitrogen and oxygen atoms in total. The number of aromatic amines is 1. The number of benzene rings is 2. The molecule has 0 unspecified atom stereocenters. The topological polar surface area (TPSA) is 48.1 Å². The summed E-state index contributed by atoms with van der Waals surface area (Å²) in [4.78, 5) is 17.8. The summed E-state index contributed by atoms with van der Waals surface area (Å²) < 4.78 is 0.998. The van der Waals surface area contributed by atoms with Crippen molar-refractivity contribution in [1.82, 2.24) is 15.2 Å². The van der Waals surface area contributed by atoms with Crippen LogP contribution in [0.15, 0.2) is 59.1 Å². The molecule has 2 N–H and O–H groups in total. The fourth-order valence-corrected chi connectivity index (χ4v) is 3.16. The fraction of sp³-hybridized carbons (Fsp3) is 0.211. The lowest BCUT2D eigenvalue weighted by atomic mass is 10.1. The molecule has 0 saturated heterocycles. The van der Waals surface area contributed by atoms with Gasteiger partial charge in [0.25, 0.3) is 5.91 Å². The first kappa shape index (κ1) is 16.7. The van der Waals surface area contributed by atoms with Crippen molar-refractivity contribution in [2.45, 2.75) is 6.04 Å². The van der Waals surface area contributed by atoms with Gasteiger partial charge in [-0.1, -0.05) is 46.3 Å². The van der Waals surface area contributed by atoms with Gasteiger partial charge in [0.15, 0.2) is 0 Å². The van der Waals surface area contributed by atoms with Crippen LogP contribution < -0.4 is 5.32 Å². The number of fused-ring (bicyclic) bond motifs is 1. The molecule has 24 heavy (non-hydrogen) atoms. The molecular formula is C19H20BrN3O. The molecule has 3 rings (SSSR count). The van der Waals surface area contributed by atoms with E-state index in [9.17, 15) is 4.79 Å². The highest BCUT2D eigenvalue weighted by molar-refractivity contribution is 9.10. The van der Waals surface area contributed by atoms with Crippen molar-refractivity contribution in [3.63, 3.8) is 0 Å². The molecule has 1 aromatic heterocycles. The van der Waals surface area contributed by atoms with E-state index in [4.69, 9.17) is 0 Å². The largest absolute Gasteiger partial charge is 0.351 e. The summed E-state index contributed by atoms with van der Waals surface area (Å²) in [6, 6.07) is 18.1. The van der Waals surface area contributed by atoms with E-state index < -0.39 is 0 Å². The SMILES string of the molecule is CN(C)[C@H](CNC(=O)c1cc2cc(Br)ccc2[nH]1)c1ccccc1. The van der Waals surface area contributed by atoms with Gasteiger partial charge >= 0.3 is 0 Å². The Morgan fingerprint density at radius 3 is 2.62 bits per heavy atom. The number of hydrogen-bond donors (Lipinski definition) is 2. The molecule has 0 aliphatic heterocycles. The van der Waals surface area contributed by atoms with Crippen LogP contribution in [-0.2, 0) is 0 Å². The standard InChI is InChI=1S/C19H20BrN3O/c1-23(2)18(13-6-4-3-5-7-13)12-21-19(24)17-11-14-10-15(20)8-9-16(14)22-17/h3-11,18,22H,12H2,1-2H3,(H,21,24)/t18-/m1/s1. The molecule has 0 radical (unpaired) electrons. The number of nitrogens with zero attached hydrogens (tertiary/aromatic N) is 1. The Hall–Kier alpha value is -2.11. The number of hydrogen-bond acceptors (Lipinski definition) is 2. The normalized spacial score (nSPS) is 12.5. The maximum Gasteiger partial charge on any atom is 0.267 e. The van der Waals surface area contributed by atoms with E-state index in [1.807, 2.05) is 56.6 Å². The van der Waals surface area contributed by atoms with Gasteiger partial charge in [-0.3, -0.25) is 4.79 Å². The quantitative estimate of drug-likeness (QED) is 0.697. The minimum atomic E-state index is -0.0925. The third-order valence-electron chi connectivity index (χ3n) is 4.09. The van der Waals surface area contributed by atoms with Crippen LogP contribution in [0.2, 0.25) is 0 Å². The van der Waals surface area contributed by atoms with Crippen molar-refractivity contribution in [3.8, 4) is 0 Å². The van der Waals surface area contributed by atoms with E-state index in [1.54, 1.807) is 0 Å². The van der Waals surface area contributed by atoms with Gasteiger partial charge in [-0.25, -0.2) is 0 Å². The van der Waals surface area contributed by atoms with Crippen LogP contribution in [0.25, 0.3) is 10.9 Å². The Bertz CT molecular complexity index is 842. The summed E-state index contributed by atoms with van der Waals surface area (Å²) >= 11 is 3.45. The number of carbonyl (C=O) groups excluding carboxylic acids is 1. The van der Waals surface area contributed by atoms with Crippen molar-refractivity contribution in [2.75, 3.05) is 20.6 Å². The summed E-state index contributed by atoms with van der Waals surface area (Å²) in [5.74, 6) is -0.0925. The first-order chi connectivity index (χ1) is 11.5. The minimum absolute atomic E-state index is 0.0925. The van der Waals surface area contributed by atoms with E-state index in [1.165, 1.54) is 5.56 Å². The predicted molar refractivity (Wildman–Crippen MR) is 101 cm³/mol. The zero-order chi connectivity index (χ0) is 17.1. The average Bonchev–Trinajstić information content (AvgIpc) is 2.98. The maximum absolute atomic E-state index is 12.5. The molecule has 2 aromatic carbocycles. The fourth-order valence-electron chi connectivity index (χ4n) is 2.78. The second-order valence-electron chi connectivity index (χ2n) is 6.01. The van der Waals surface area contributed by atoms with Gasteiger partial charge in [0.1, 0.15) is 5.69 Å². The molecular weight excluding hydrogens is 366 g/mol. The number of amides is 1. The maximum atomic E-state index is 12.5. The third kappa shape index (κ3) is 3.68. The van der Waals surface area contributed by atoms with Gasteiger partial charge in [0, 0.05) is 21.9 Å². The van der Waals surface area contributed by atoms with Crippen LogP contribution in [-0.4, -0.2) is 36.4 Å². The Balaban J connectivity index is 1.73. The molecule has 1 amide bonds. The number of halogens is 1. The first-order valence-corrected chi connectivity index (χ1v) is 8.62. The van der Waals surface area contributed by atoms with E-state index in [2.05, 4.69) is 43.3 Å². The Labute approximate surface area is 150 Å². The van der Waals surface area contributed by atoms with E-state index in [0.717, 1.165) is 15.4 Å². The van der Waals surface area contributed by atoms with Gasteiger partial charge in [-0.2, -0.15) is 0 Å². The average molecular weight is 386 g/mol. The number of rotatable bonds is 5. The monoisotopic (exact) mass is 385 g/mol. The summed E-state index contributed by atoms with van der Waals surface area (Å²) in [6.45, 7) is 0.551. The zero-order valence-corrected chi connectivity index (χ0v) is 15.3. The molecule has 3 aromatic rings. The van der Waals surface area contributed by atoms with Crippen LogP contribution in [0.3, 0.4) is 0 Å². The molecule has 1 heterocycles. The Morgan fingerprint density at radius 1 is 1.17 bits per heavy atom. The van der Waals surface area contributed by atoms with Gasteiger partial charge in [-0.15, -0.1) is 0 Å². The second kappa shape index (κ2) is 7.20. The Morgan fingerprint density at radius 2 is 1.92 bits per heavy atom. The number of carbonyl (C=O) groups is 1. The molecule has 0 spiro atoms. The van der Waals surface area contributed by atoms with Crippen LogP contribution in [0, 0.1) is 0 Å². The van der Waals surface area contributed by atoms with Crippen molar-refractivity contribution in [3.05, 3.63) is 70.3 Å². The van der Waals surface area contributed by atoms with E-state index in [-0.39, 0.29) is 11.9 Å². The third-order valence-corrected chi connectivity index (χ3v) is 4.58. The van der Waals surface area contributed by atoms with Gasteiger partial charge in [0.05, 0.1) is 6.04 Å². The number of H-pyrrole nitrogens is 1. The lowest BCUT2D eigenvalue weighted by Crippen LogP contribution is -2.34. The molecule has 0 aliphatic rings. The van der Waals surface area contributed by atoms with Crippen LogP contribution >= 0.6 is 15.9 Å². The van der Waals surface area contributed by atoms with Gasteiger partial charge in [0.2, 0.25) is 0 Å². The van der Waals surface area contributed by atoms with Crippen molar-refractivity contribution < 1.29 is 4.79 Å². The van der Waals surface area contributed by atoms with E-state index >= 15 is 0 Å². The van der Waals surface area contributed by atoms with Crippen LogP contribution in [0.1, 0.15) is 22.1 Å². The Kier molecular flexibility index (Phi) is 5.02. The summed E-state index contributed by atoms with van der Waals surface area (Å²) in [6.07, 6.45) is 0. The van der Waals surface area contributed by atoms with Crippen molar-refractivity contribution in [1.29, 1.82) is 0 Å². The minimum Gasteiger partial charge on any atom is -0.351 e. The summed E-state index contributed by atoms with van der Waals surface area (Å²) in [7, 11) is 4.04. The predicted octanol–water partition coefficient (Wildman–Crippen LogP) is 3.96. The van der Waals surface area contributed by atoms with Crippen molar-refractivity contribution in [2.24, 2.45) is 0 Å². The summed E-state index contributed by atoms with van der Waals surface area (Å²) in [5.41, 5.74) is 2.72. The first-order valence-electron chi connectivity index (χ1n) is 7.82. The smallest absolute Gasteiger partial charge is 0.267 e. The molecule has 5 heteroatoms. The highest BCUT2D eigenvalue weighted by Crippen LogP contribution is 2.21. The number of aromatic nitrogens is 1. The molecule has 124 valence electrons. The lowest BCUT2D eigenvalue weighted by molar-refractivity contribution is 0.0938. The van der Waals surface area contributed by atoms with E-state index in [0.29, 0.717) is 12.2 Å². The van der Waals surface area contributed by atoms with Gasteiger partial charge < -0.3 is 15.2 Å². The molecule has 0 fully saturated rings. The zero-order valence-electron chi connectivity index (χ0n) is 13.7. The highest BCUT2D eigenvalue weighted by Gasteiger charge is 2.16. The van der Waals surface area contributed by atoms with Crippen molar-refractivity contribution >= 4 is 32.7 Å².